The number of para-hydroxylation sites is 1. The average Bonchev–Trinajstić information content (AvgIpc) is 2.75. The maximum atomic E-state index is 5.67. The van der Waals surface area contributed by atoms with Crippen molar-refractivity contribution in [3.63, 3.8) is 0 Å². The topological polar surface area (TPSA) is 69.6 Å². The van der Waals surface area contributed by atoms with Crippen molar-refractivity contribution in [3.8, 4) is 5.82 Å². The predicted octanol–water partition coefficient (Wildman–Crippen LogP) is 1.93. The van der Waals surface area contributed by atoms with Gasteiger partial charge in [0.25, 0.3) is 0 Å². The molecular formula is C15H17N5. The molecular weight excluding hydrogens is 250 g/mol. The van der Waals surface area contributed by atoms with Crippen LogP contribution in [0.3, 0.4) is 0 Å². The summed E-state index contributed by atoms with van der Waals surface area (Å²) in [5, 5.41) is 5.62. The number of hydrogen-bond donors (Lipinski definition) is 1. The Morgan fingerprint density at radius 3 is 2.75 bits per heavy atom. The zero-order valence-electron chi connectivity index (χ0n) is 11.7. The lowest BCUT2D eigenvalue weighted by atomic mass is 10.1. The van der Waals surface area contributed by atoms with Crippen LogP contribution in [0, 0.1) is 13.8 Å². The van der Waals surface area contributed by atoms with Gasteiger partial charge >= 0.3 is 0 Å². The van der Waals surface area contributed by atoms with Crippen molar-refractivity contribution in [3.05, 3.63) is 47.5 Å². The summed E-state index contributed by atoms with van der Waals surface area (Å²) in [6.07, 6.45) is 2.41. The summed E-state index contributed by atoms with van der Waals surface area (Å²) in [6, 6.07) is 7.96. The number of aryl methyl sites for hydroxylation is 1. The number of rotatable bonds is 3. The smallest absolute Gasteiger partial charge is 0.164 e. The Labute approximate surface area is 117 Å². The van der Waals surface area contributed by atoms with Crippen LogP contribution < -0.4 is 5.73 Å². The molecule has 2 aromatic heterocycles. The quantitative estimate of drug-likeness (QED) is 0.787. The first-order valence-corrected chi connectivity index (χ1v) is 6.67. The zero-order chi connectivity index (χ0) is 14.1. The highest BCUT2D eigenvalue weighted by Crippen LogP contribution is 2.22. The summed E-state index contributed by atoms with van der Waals surface area (Å²) in [5.41, 5.74) is 9.90. The highest BCUT2D eigenvalue weighted by molar-refractivity contribution is 5.84. The van der Waals surface area contributed by atoms with Crippen LogP contribution in [-0.4, -0.2) is 26.3 Å². The number of benzene rings is 1. The second-order valence-corrected chi connectivity index (χ2v) is 4.81. The van der Waals surface area contributed by atoms with Gasteiger partial charge in [0.15, 0.2) is 5.82 Å². The second-order valence-electron chi connectivity index (χ2n) is 4.81. The molecule has 0 saturated carbocycles. The van der Waals surface area contributed by atoms with Gasteiger partial charge in [-0.1, -0.05) is 12.1 Å². The summed E-state index contributed by atoms with van der Waals surface area (Å²) in [4.78, 5) is 8.70. The molecule has 2 N–H and O–H groups in total. The van der Waals surface area contributed by atoms with Crippen LogP contribution in [0.15, 0.2) is 30.6 Å². The fourth-order valence-electron chi connectivity index (χ4n) is 2.55. The lowest BCUT2D eigenvalue weighted by molar-refractivity contribution is 0.808. The van der Waals surface area contributed by atoms with E-state index in [4.69, 9.17) is 5.73 Å². The largest absolute Gasteiger partial charge is 0.330 e. The molecule has 0 atom stereocenters. The summed E-state index contributed by atoms with van der Waals surface area (Å²) >= 11 is 0. The van der Waals surface area contributed by atoms with E-state index in [1.807, 2.05) is 35.9 Å². The summed E-state index contributed by atoms with van der Waals surface area (Å²) in [6.45, 7) is 4.69. The van der Waals surface area contributed by atoms with Crippen molar-refractivity contribution in [1.82, 2.24) is 19.7 Å². The maximum Gasteiger partial charge on any atom is 0.164 e. The standard InChI is InChI=1S/C15H17N5/c1-10-12(7-8-16)11(2)20(19-10)15-13-5-3-4-6-14(13)17-9-18-15/h3-6,9H,7-8,16H2,1-2H3. The van der Waals surface area contributed by atoms with Crippen molar-refractivity contribution < 1.29 is 0 Å². The fourth-order valence-corrected chi connectivity index (χ4v) is 2.55. The maximum absolute atomic E-state index is 5.67. The first-order chi connectivity index (χ1) is 9.72. The normalized spacial score (nSPS) is 11.2. The van der Waals surface area contributed by atoms with E-state index in [0.717, 1.165) is 34.5 Å². The molecule has 5 nitrogen and oxygen atoms in total. The summed E-state index contributed by atoms with van der Waals surface area (Å²) in [5.74, 6) is 0.819. The van der Waals surface area contributed by atoms with Crippen molar-refractivity contribution in [2.75, 3.05) is 6.54 Å². The van der Waals surface area contributed by atoms with Gasteiger partial charge < -0.3 is 5.73 Å². The van der Waals surface area contributed by atoms with E-state index in [2.05, 4.69) is 22.0 Å². The third-order valence-corrected chi connectivity index (χ3v) is 3.56. The first-order valence-electron chi connectivity index (χ1n) is 6.67. The van der Waals surface area contributed by atoms with Crippen molar-refractivity contribution >= 4 is 10.9 Å². The SMILES string of the molecule is Cc1nn(-c2ncnc3ccccc23)c(C)c1CCN. The van der Waals surface area contributed by atoms with Crippen molar-refractivity contribution in [2.45, 2.75) is 20.3 Å². The fraction of sp³-hybridized carbons (Fsp3) is 0.267. The average molecular weight is 267 g/mol. The van der Waals surface area contributed by atoms with Gasteiger partial charge in [-0.25, -0.2) is 14.6 Å². The van der Waals surface area contributed by atoms with E-state index >= 15 is 0 Å². The lowest BCUT2D eigenvalue weighted by Gasteiger charge is -2.07. The Morgan fingerprint density at radius 2 is 1.95 bits per heavy atom. The van der Waals surface area contributed by atoms with E-state index in [9.17, 15) is 0 Å². The van der Waals surface area contributed by atoms with Crippen LogP contribution >= 0.6 is 0 Å². The first kappa shape index (κ1) is 12.7. The molecule has 0 aliphatic rings. The molecule has 102 valence electrons. The van der Waals surface area contributed by atoms with Crippen LogP contribution in [0.1, 0.15) is 17.0 Å². The molecule has 3 aromatic rings. The van der Waals surface area contributed by atoms with Gasteiger partial charge in [0.2, 0.25) is 0 Å². The van der Waals surface area contributed by atoms with Gasteiger partial charge in [-0.05, 0) is 44.5 Å². The molecule has 1 aromatic carbocycles. The molecule has 0 aliphatic carbocycles. The minimum Gasteiger partial charge on any atom is -0.330 e. The Kier molecular flexibility index (Phi) is 3.20. The lowest BCUT2D eigenvalue weighted by Crippen LogP contribution is -2.06. The summed E-state index contributed by atoms with van der Waals surface area (Å²) in [7, 11) is 0. The molecule has 3 rings (SSSR count). The van der Waals surface area contributed by atoms with Crippen LogP contribution in [0.25, 0.3) is 16.7 Å². The van der Waals surface area contributed by atoms with E-state index in [-0.39, 0.29) is 0 Å². The Balaban J connectivity index is 2.24. The zero-order valence-corrected chi connectivity index (χ0v) is 11.7. The van der Waals surface area contributed by atoms with Crippen LogP contribution in [-0.2, 0) is 6.42 Å². The number of nitrogens with zero attached hydrogens (tertiary/aromatic N) is 4. The third kappa shape index (κ3) is 1.96. The Morgan fingerprint density at radius 1 is 1.15 bits per heavy atom. The molecule has 0 spiro atoms. The Bertz CT molecular complexity index is 755. The van der Waals surface area contributed by atoms with E-state index in [1.54, 1.807) is 6.33 Å². The van der Waals surface area contributed by atoms with Gasteiger partial charge in [0, 0.05) is 11.1 Å². The molecule has 0 bridgehead atoms. The van der Waals surface area contributed by atoms with Gasteiger partial charge in [0.1, 0.15) is 6.33 Å². The minimum absolute atomic E-state index is 0.623. The highest BCUT2D eigenvalue weighted by atomic mass is 15.3. The van der Waals surface area contributed by atoms with E-state index in [1.165, 1.54) is 5.56 Å². The van der Waals surface area contributed by atoms with Crippen molar-refractivity contribution in [1.29, 1.82) is 0 Å². The van der Waals surface area contributed by atoms with Crippen LogP contribution in [0.5, 0.6) is 0 Å². The Hall–Kier alpha value is -2.27. The van der Waals surface area contributed by atoms with Gasteiger partial charge in [-0.3, -0.25) is 0 Å². The monoisotopic (exact) mass is 267 g/mol. The van der Waals surface area contributed by atoms with Crippen LogP contribution in [0.4, 0.5) is 0 Å². The van der Waals surface area contributed by atoms with Crippen molar-refractivity contribution in [2.24, 2.45) is 5.73 Å². The molecule has 0 fully saturated rings. The molecule has 5 heteroatoms. The summed E-state index contributed by atoms with van der Waals surface area (Å²) < 4.78 is 1.89. The molecule has 0 radical (unpaired) electrons. The number of hydrogen-bond acceptors (Lipinski definition) is 4. The predicted molar refractivity (Wildman–Crippen MR) is 78.9 cm³/mol. The highest BCUT2D eigenvalue weighted by Gasteiger charge is 2.14. The van der Waals surface area contributed by atoms with Gasteiger partial charge in [-0.2, -0.15) is 5.10 Å². The minimum atomic E-state index is 0.623. The number of fused-ring (bicyclic) bond motifs is 1. The molecule has 0 aliphatic heterocycles. The van der Waals surface area contributed by atoms with Gasteiger partial charge in [0.05, 0.1) is 11.2 Å². The number of nitrogens with two attached hydrogens (primary N) is 1. The molecule has 0 saturated heterocycles. The second kappa shape index (κ2) is 5.02. The van der Waals surface area contributed by atoms with E-state index < -0.39 is 0 Å². The third-order valence-electron chi connectivity index (χ3n) is 3.56. The molecule has 0 unspecified atom stereocenters. The van der Waals surface area contributed by atoms with Gasteiger partial charge in [-0.15, -0.1) is 0 Å². The molecule has 2 heterocycles. The van der Waals surface area contributed by atoms with E-state index in [0.29, 0.717) is 6.54 Å². The van der Waals surface area contributed by atoms with Crippen LogP contribution in [0.2, 0.25) is 0 Å². The molecule has 20 heavy (non-hydrogen) atoms. The number of aromatic nitrogens is 4. The molecule has 0 amide bonds.